The molecule has 2 amide bonds. The number of anilines is 1. The minimum absolute atomic E-state index is 0.0382. The van der Waals surface area contributed by atoms with Crippen LogP contribution in [-0.4, -0.2) is 104 Å². The summed E-state index contributed by atoms with van der Waals surface area (Å²) in [6.45, 7) is -1.46. The molecule has 1 aliphatic carbocycles. The van der Waals surface area contributed by atoms with Crippen molar-refractivity contribution in [2.24, 2.45) is 5.11 Å². The molecule has 326 valence electrons. The Balaban J connectivity index is 1.06. The zero-order chi connectivity index (χ0) is 43.5. The number of fused-ring (bicyclic) bond motifs is 1. The quantitative estimate of drug-likeness (QED) is 0.0189. The lowest BCUT2D eigenvalue weighted by Crippen LogP contribution is -2.39. The second-order valence-electron chi connectivity index (χ2n) is 12.9. The minimum Gasteiger partial charge on any atom is -0.491 e. The first-order valence-electron chi connectivity index (χ1n) is 17.8. The zero-order valence-electron chi connectivity index (χ0n) is 31.2. The van der Waals surface area contributed by atoms with Gasteiger partial charge in [-0.25, -0.2) is 13.7 Å². The number of carbonyl (C=O) groups excluding carboxylic acids is 2. The number of benzene rings is 1. The van der Waals surface area contributed by atoms with E-state index in [1.807, 2.05) is 0 Å². The Morgan fingerprint density at radius 1 is 1.13 bits per heavy atom. The molecule has 1 saturated heterocycles. The maximum absolute atomic E-state index is 12.9. The number of rotatable bonds is 21. The van der Waals surface area contributed by atoms with Gasteiger partial charge in [-0.3, -0.25) is 23.9 Å². The standard InChI is InChI=1S/C31H40N9O17P3/c32-31-36-28-27(30(43)37-31)20(15-40(28)26-10-9-23(55-26)16-54-59(47,48)57-60(49,50)56-58(44,45)46)5-3-11-34-24(41)17-51-12-13-52-25(38-39-33)18-53-22-8-1-4-19(14-22)29(42)35-21-6-2-7-21/h1,4,8,14-15,21,23,25-26H,2,6-7,9-13,16-18H2,(H,34,41)(H,35,42)(H,47,48)(H,49,50)(H2,44,45,46)(H3,32,36,37,43)/t23-,25?,26+/m0/s1. The summed E-state index contributed by atoms with van der Waals surface area (Å²) >= 11 is 0. The Labute approximate surface area is 339 Å². The van der Waals surface area contributed by atoms with E-state index in [0.29, 0.717) is 11.3 Å². The Hall–Kier alpha value is -4.66. The van der Waals surface area contributed by atoms with Crippen LogP contribution in [0.15, 0.2) is 40.4 Å². The molecule has 1 aliphatic heterocycles. The molecule has 5 atom stereocenters. The van der Waals surface area contributed by atoms with Crippen LogP contribution < -0.4 is 26.7 Å². The molecule has 26 nitrogen and oxygen atoms in total. The molecule has 0 radical (unpaired) electrons. The number of H-pyrrole nitrogens is 1. The van der Waals surface area contributed by atoms with Crippen molar-refractivity contribution < 1.29 is 75.0 Å². The molecule has 9 N–H and O–H groups in total. The van der Waals surface area contributed by atoms with Gasteiger partial charge in [-0.1, -0.05) is 23.0 Å². The van der Waals surface area contributed by atoms with Gasteiger partial charge < -0.3 is 59.5 Å². The van der Waals surface area contributed by atoms with E-state index < -0.39 is 60.1 Å². The molecule has 60 heavy (non-hydrogen) atoms. The fraction of sp³-hybridized carbons (Fsp3) is 0.484. The predicted molar refractivity (Wildman–Crippen MR) is 204 cm³/mol. The van der Waals surface area contributed by atoms with E-state index in [-0.39, 0.29) is 80.3 Å². The van der Waals surface area contributed by atoms with E-state index in [9.17, 15) is 37.9 Å². The Kier molecular flexibility index (Phi) is 16.0. The van der Waals surface area contributed by atoms with Crippen molar-refractivity contribution in [1.29, 1.82) is 0 Å². The third kappa shape index (κ3) is 14.2. The van der Waals surface area contributed by atoms with Crippen LogP contribution in [-0.2, 0) is 45.8 Å². The minimum atomic E-state index is -5.71. The number of aromatic amines is 1. The van der Waals surface area contributed by atoms with Crippen LogP contribution in [0.2, 0.25) is 0 Å². The number of azide groups is 1. The third-order valence-corrected chi connectivity index (χ3v) is 12.2. The molecule has 3 aromatic rings. The van der Waals surface area contributed by atoms with Crippen LogP contribution in [0.5, 0.6) is 5.75 Å². The topological polar surface area (TPSA) is 380 Å². The van der Waals surface area contributed by atoms with Crippen molar-refractivity contribution in [3.05, 3.63) is 62.4 Å². The summed E-state index contributed by atoms with van der Waals surface area (Å²) in [5.74, 6) is 4.93. The molecular formula is C31H40N9O17P3. The van der Waals surface area contributed by atoms with E-state index >= 15 is 0 Å². The molecule has 2 aromatic heterocycles. The molecule has 3 unspecified atom stereocenters. The lowest BCUT2D eigenvalue weighted by Gasteiger charge is -2.26. The Morgan fingerprint density at radius 3 is 2.63 bits per heavy atom. The molecule has 29 heteroatoms. The van der Waals surface area contributed by atoms with E-state index in [0.717, 1.165) is 19.3 Å². The lowest BCUT2D eigenvalue weighted by molar-refractivity contribution is -0.126. The van der Waals surface area contributed by atoms with E-state index in [1.54, 1.807) is 24.3 Å². The largest absolute Gasteiger partial charge is 0.491 e. The number of nitrogen functional groups attached to an aromatic ring is 1. The van der Waals surface area contributed by atoms with E-state index in [2.05, 4.69) is 55.6 Å². The summed E-state index contributed by atoms with van der Waals surface area (Å²) in [6.07, 6.45) is 2.08. The summed E-state index contributed by atoms with van der Waals surface area (Å²) in [5.41, 5.74) is 14.8. The van der Waals surface area contributed by atoms with Crippen molar-refractivity contribution in [3.63, 3.8) is 0 Å². The van der Waals surface area contributed by atoms with Crippen LogP contribution in [0.3, 0.4) is 0 Å². The van der Waals surface area contributed by atoms with Gasteiger partial charge in [0.25, 0.3) is 11.5 Å². The van der Waals surface area contributed by atoms with Gasteiger partial charge in [-0.05, 0) is 55.8 Å². The number of carbonyl (C=O) groups is 2. The van der Waals surface area contributed by atoms with Crippen LogP contribution in [0.25, 0.3) is 21.5 Å². The maximum Gasteiger partial charge on any atom is 0.490 e. The highest BCUT2D eigenvalue weighted by molar-refractivity contribution is 7.66. The van der Waals surface area contributed by atoms with Crippen molar-refractivity contribution in [1.82, 2.24) is 25.2 Å². The summed E-state index contributed by atoms with van der Waals surface area (Å²) in [7, 11) is -16.7. The van der Waals surface area contributed by atoms with Crippen LogP contribution >= 0.6 is 23.5 Å². The average molecular weight is 904 g/mol. The van der Waals surface area contributed by atoms with Crippen molar-refractivity contribution in [3.8, 4) is 17.6 Å². The predicted octanol–water partition coefficient (Wildman–Crippen LogP) is 1.83. The number of aromatic nitrogens is 3. The van der Waals surface area contributed by atoms with Gasteiger partial charge in [-0.15, -0.1) is 0 Å². The first-order chi connectivity index (χ1) is 28.4. The zero-order valence-corrected chi connectivity index (χ0v) is 33.9. The lowest BCUT2D eigenvalue weighted by atomic mass is 9.93. The van der Waals surface area contributed by atoms with Gasteiger partial charge in [0, 0.05) is 22.7 Å². The number of hydrogen-bond acceptors (Lipinski definition) is 16. The highest BCUT2D eigenvalue weighted by atomic mass is 31.3. The number of nitrogens with one attached hydrogen (secondary N) is 3. The number of nitrogens with two attached hydrogens (primary N) is 1. The number of ether oxygens (including phenoxy) is 4. The molecule has 2 aliphatic rings. The number of phosphoric acid groups is 3. The molecule has 1 saturated carbocycles. The molecular weight excluding hydrogens is 863 g/mol. The number of phosphoric ester groups is 1. The summed E-state index contributed by atoms with van der Waals surface area (Å²) in [4.78, 5) is 83.4. The van der Waals surface area contributed by atoms with Crippen molar-refractivity contribution in [2.75, 3.05) is 45.3 Å². The molecule has 0 spiro atoms. The van der Waals surface area contributed by atoms with Crippen molar-refractivity contribution in [2.45, 2.75) is 56.7 Å². The number of nitrogens with zero attached hydrogens (tertiary/aromatic N) is 5. The first-order valence-corrected chi connectivity index (χ1v) is 22.3. The van der Waals surface area contributed by atoms with Gasteiger partial charge in [-0.2, -0.15) is 13.6 Å². The van der Waals surface area contributed by atoms with Crippen LogP contribution in [0, 0.1) is 11.8 Å². The van der Waals surface area contributed by atoms with Gasteiger partial charge >= 0.3 is 23.5 Å². The highest BCUT2D eigenvalue weighted by Gasteiger charge is 2.41. The van der Waals surface area contributed by atoms with Crippen LogP contribution in [0.1, 0.15) is 54.3 Å². The third-order valence-electron chi connectivity index (χ3n) is 8.41. The molecule has 0 bridgehead atoms. The smallest absolute Gasteiger partial charge is 0.490 e. The van der Waals surface area contributed by atoms with E-state index in [4.69, 9.17) is 40.0 Å². The van der Waals surface area contributed by atoms with Crippen molar-refractivity contribution >= 4 is 52.3 Å². The highest BCUT2D eigenvalue weighted by Crippen LogP contribution is 2.66. The fourth-order valence-electron chi connectivity index (χ4n) is 5.61. The summed E-state index contributed by atoms with van der Waals surface area (Å²) in [5, 5.41) is 9.08. The summed E-state index contributed by atoms with van der Waals surface area (Å²) in [6, 6.07) is 6.73. The molecule has 5 rings (SSSR count). The van der Waals surface area contributed by atoms with Crippen LogP contribution in [0.4, 0.5) is 5.95 Å². The summed E-state index contributed by atoms with van der Waals surface area (Å²) < 4.78 is 70.4. The Morgan fingerprint density at radius 2 is 1.92 bits per heavy atom. The maximum atomic E-state index is 12.9. The van der Waals surface area contributed by atoms with Gasteiger partial charge in [0.1, 0.15) is 25.2 Å². The van der Waals surface area contributed by atoms with Gasteiger partial charge in [0.05, 0.1) is 43.4 Å². The first kappa shape index (κ1) is 46.4. The monoisotopic (exact) mass is 903 g/mol. The molecule has 1 aromatic carbocycles. The normalized spacial score (nSPS) is 19.1. The van der Waals surface area contributed by atoms with Gasteiger partial charge in [0.15, 0.2) is 11.9 Å². The molecule has 2 fully saturated rings. The number of amides is 2. The SMILES string of the molecule is [N-]=[N+]=NC(COc1cccc(C(=O)NC2CCC2)c1)OCCOCC(=O)NCC#Cc1cn([C@H]2CC[C@@H](COP(=O)(O)OP(=O)(O)OP(=O)(O)O)O2)c2nc(N)[nH]c(=O)c12. The van der Waals surface area contributed by atoms with Gasteiger partial charge in [0.2, 0.25) is 11.9 Å². The average Bonchev–Trinajstić information content (AvgIpc) is 3.76. The fourth-order valence-corrected chi connectivity index (χ4v) is 8.66. The Bertz CT molecular complexity index is 2350. The molecule has 3 heterocycles. The second kappa shape index (κ2) is 20.7. The van der Waals surface area contributed by atoms with E-state index in [1.165, 1.54) is 10.8 Å². The second-order valence-corrected chi connectivity index (χ2v) is 17.3. The number of hydrogen-bond donors (Lipinski definition) is 8.